The van der Waals surface area contributed by atoms with Crippen molar-refractivity contribution in [2.24, 2.45) is 5.92 Å². The summed E-state index contributed by atoms with van der Waals surface area (Å²) in [5, 5.41) is 8.05. The van der Waals surface area contributed by atoms with Crippen molar-refractivity contribution in [1.82, 2.24) is 16.0 Å². The Kier molecular flexibility index (Phi) is 7.42. The van der Waals surface area contributed by atoms with Gasteiger partial charge >= 0.3 is 0 Å². The normalized spacial score (nSPS) is 13.1. The van der Waals surface area contributed by atoms with Crippen LogP contribution in [0.5, 0.6) is 0 Å². The SMILES string of the molecule is CCNC(=O)[C@H](C)NC(=O)[C@H](NC(=O)c1cccc(C)c1)C(C)C. The molecule has 0 aliphatic rings. The van der Waals surface area contributed by atoms with Crippen molar-refractivity contribution in [3.63, 3.8) is 0 Å². The van der Waals surface area contributed by atoms with Gasteiger partial charge in [0.1, 0.15) is 12.1 Å². The average molecular weight is 333 g/mol. The van der Waals surface area contributed by atoms with Gasteiger partial charge in [0.05, 0.1) is 0 Å². The largest absolute Gasteiger partial charge is 0.355 e. The summed E-state index contributed by atoms with van der Waals surface area (Å²) >= 11 is 0. The Bertz CT molecular complexity index is 599. The molecule has 24 heavy (non-hydrogen) atoms. The molecule has 132 valence electrons. The maximum Gasteiger partial charge on any atom is 0.251 e. The number of amides is 3. The van der Waals surface area contributed by atoms with Gasteiger partial charge in [0.2, 0.25) is 11.8 Å². The summed E-state index contributed by atoms with van der Waals surface area (Å²) in [6.45, 7) is 9.51. The standard InChI is InChI=1S/C18H27N3O3/c1-6-19-16(22)13(5)20-18(24)15(11(2)3)21-17(23)14-9-7-8-12(4)10-14/h7-11,13,15H,6H2,1-5H3,(H,19,22)(H,20,24)(H,21,23)/t13-,15+/m0/s1. The van der Waals surface area contributed by atoms with Crippen LogP contribution in [0.4, 0.5) is 0 Å². The molecule has 0 aliphatic heterocycles. The van der Waals surface area contributed by atoms with Crippen molar-refractivity contribution in [3.8, 4) is 0 Å². The monoisotopic (exact) mass is 333 g/mol. The van der Waals surface area contributed by atoms with Crippen molar-refractivity contribution in [3.05, 3.63) is 35.4 Å². The number of rotatable bonds is 7. The van der Waals surface area contributed by atoms with Gasteiger partial charge in [0.15, 0.2) is 0 Å². The average Bonchev–Trinajstić information content (AvgIpc) is 2.51. The van der Waals surface area contributed by atoms with Crippen LogP contribution in [0.3, 0.4) is 0 Å². The van der Waals surface area contributed by atoms with Gasteiger partial charge in [0, 0.05) is 12.1 Å². The van der Waals surface area contributed by atoms with Crippen LogP contribution in [0, 0.1) is 12.8 Å². The molecule has 0 radical (unpaired) electrons. The van der Waals surface area contributed by atoms with E-state index in [2.05, 4.69) is 16.0 Å². The topological polar surface area (TPSA) is 87.3 Å². The fourth-order valence-electron chi connectivity index (χ4n) is 2.24. The van der Waals surface area contributed by atoms with E-state index >= 15 is 0 Å². The van der Waals surface area contributed by atoms with Gasteiger partial charge in [0.25, 0.3) is 5.91 Å². The molecule has 6 heteroatoms. The number of likely N-dealkylation sites (N-methyl/N-ethyl adjacent to an activating group) is 1. The molecule has 0 fully saturated rings. The Hall–Kier alpha value is -2.37. The molecule has 0 aliphatic carbocycles. The molecule has 0 saturated carbocycles. The minimum absolute atomic E-state index is 0.111. The van der Waals surface area contributed by atoms with Gasteiger partial charge in [-0.3, -0.25) is 14.4 Å². The van der Waals surface area contributed by atoms with Crippen molar-refractivity contribution < 1.29 is 14.4 Å². The molecular formula is C18H27N3O3. The fourth-order valence-corrected chi connectivity index (χ4v) is 2.24. The zero-order valence-electron chi connectivity index (χ0n) is 15.0. The Morgan fingerprint density at radius 1 is 1.04 bits per heavy atom. The summed E-state index contributed by atoms with van der Waals surface area (Å²) in [6.07, 6.45) is 0. The van der Waals surface area contributed by atoms with Crippen LogP contribution in [0.25, 0.3) is 0 Å². The van der Waals surface area contributed by atoms with Gasteiger partial charge in [-0.05, 0) is 38.8 Å². The Morgan fingerprint density at radius 2 is 1.71 bits per heavy atom. The summed E-state index contributed by atoms with van der Waals surface area (Å²) in [5.41, 5.74) is 1.48. The van der Waals surface area contributed by atoms with E-state index in [0.717, 1.165) is 5.56 Å². The van der Waals surface area contributed by atoms with Gasteiger partial charge in [-0.25, -0.2) is 0 Å². The van der Waals surface area contributed by atoms with Crippen LogP contribution in [-0.4, -0.2) is 36.3 Å². The lowest BCUT2D eigenvalue weighted by molar-refractivity contribution is -0.130. The van der Waals surface area contributed by atoms with E-state index in [4.69, 9.17) is 0 Å². The Morgan fingerprint density at radius 3 is 2.25 bits per heavy atom. The van der Waals surface area contributed by atoms with Crippen LogP contribution < -0.4 is 16.0 Å². The van der Waals surface area contributed by atoms with Crippen LogP contribution >= 0.6 is 0 Å². The minimum Gasteiger partial charge on any atom is -0.355 e. The van der Waals surface area contributed by atoms with E-state index < -0.39 is 12.1 Å². The minimum atomic E-state index is -0.713. The number of nitrogens with one attached hydrogen (secondary N) is 3. The highest BCUT2D eigenvalue weighted by Gasteiger charge is 2.27. The Labute approximate surface area is 143 Å². The van der Waals surface area contributed by atoms with E-state index in [1.165, 1.54) is 0 Å². The molecule has 0 unspecified atom stereocenters. The molecule has 1 rings (SSSR count). The molecule has 3 amide bonds. The molecule has 0 bridgehead atoms. The lowest BCUT2D eigenvalue weighted by atomic mass is 10.0. The third-order valence-electron chi connectivity index (χ3n) is 3.62. The second kappa shape index (κ2) is 9.05. The quantitative estimate of drug-likeness (QED) is 0.705. The maximum atomic E-state index is 12.4. The highest BCUT2D eigenvalue weighted by atomic mass is 16.2. The van der Waals surface area contributed by atoms with E-state index in [9.17, 15) is 14.4 Å². The molecule has 0 heterocycles. The Balaban J connectivity index is 2.77. The summed E-state index contributed by atoms with van der Waals surface area (Å²) in [6, 6.07) is 5.80. The van der Waals surface area contributed by atoms with Crippen LogP contribution in [0.15, 0.2) is 24.3 Å². The van der Waals surface area contributed by atoms with E-state index in [1.807, 2.05) is 33.8 Å². The van der Waals surface area contributed by atoms with Crippen molar-refractivity contribution in [2.45, 2.75) is 46.7 Å². The number of benzene rings is 1. The van der Waals surface area contributed by atoms with E-state index in [-0.39, 0.29) is 23.6 Å². The molecule has 1 aromatic rings. The first-order valence-electron chi connectivity index (χ1n) is 8.21. The lowest BCUT2D eigenvalue weighted by Crippen LogP contribution is -2.54. The lowest BCUT2D eigenvalue weighted by Gasteiger charge is -2.23. The summed E-state index contributed by atoms with van der Waals surface area (Å²) < 4.78 is 0. The van der Waals surface area contributed by atoms with Gasteiger partial charge < -0.3 is 16.0 Å². The van der Waals surface area contributed by atoms with Crippen molar-refractivity contribution in [1.29, 1.82) is 0 Å². The number of carbonyl (C=O) groups excluding carboxylic acids is 3. The number of hydrogen-bond acceptors (Lipinski definition) is 3. The first kappa shape index (κ1) is 19.7. The summed E-state index contributed by atoms with van der Waals surface area (Å²) in [7, 11) is 0. The highest BCUT2D eigenvalue weighted by Crippen LogP contribution is 2.07. The molecule has 0 aromatic heterocycles. The first-order valence-corrected chi connectivity index (χ1v) is 8.21. The zero-order chi connectivity index (χ0) is 18.3. The fraction of sp³-hybridized carbons (Fsp3) is 0.500. The second-order valence-electron chi connectivity index (χ2n) is 6.19. The van der Waals surface area contributed by atoms with Crippen molar-refractivity contribution >= 4 is 17.7 Å². The predicted octanol–water partition coefficient (Wildman–Crippen LogP) is 1.39. The van der Waals surface area contributed by atoms with Crippen LogP contribution in [0.1, 0.15) is 43.6 Å². The second-order valence-corrected chi connectivity index (χ2v) is 6.19. The molecule has 0 spiro atoms. The number of hydrogen-bond donors (Lipinski definition) is 3. The molecule has 6 nitrogen and oxygen atoms in total. The van der Waals surface area contributed by atoms with E-state index in [1.54, 1.807) is 25.1 Å². The number of aryl methyl sites for hydroxylation is 1. The molecular weight excluding hydrogens is 306 g/mol. The molecule has 0 saturated heterocycles. The molecule has 1 aromatic carbocycles. The van der Waals surface area contributed by atoms with Gasteiger partial charge in [-0.2, -0.15) is 0 Å². The van der Waals surface area contributed by atoms with E-state index in [0.29, 0.717) is 12.1 Å². The molecule has 2 atom stereocenters. The summed E-state index contributed by atoms with van der Waals surface area (Å²) in [4.78, 5) is 36.5. The van der Waals surface area contributed by atoms with Gasteiger partial charge in [-0.1, -0.05) is 31.5 Å². The highest BCUT2D eigenvalue weighted by molar-refractivity contribution is 5.98. The van der Waals surface area contributed by atoms with Gasteiger partial charge in [-0.15, -0.1) is 0 Å². The smallest absolute Gasteiger partial charge is 0.251 e. The van der Waals surface area contributed by atoms with Crippen molar-refractivity contribution in [2.75, 3.05) is 6.54 Å². The summed E-state index contributed by atoms with van der Waals surface area (Å²) in [5.74, 6) is -1.04. The maximum absolute atomic E-state index is 12.4. The van der Waals surface area contributed by atoms with Crippen LogP contribution in [-0.2, 0) is 9.59 Å². The first-order chi connectivity index (χ1) is 11.3. The van der Waals surface area contributed by atoms with Crippen LogP contribution in [0.2, 0.25) is 0 Å². The third kappa shape index (κ3) is 5.68. The third-order valence-corrected chi connectivity index (χ3v) is 3.62. The zero-order valence-corrected chi connectivity index (χ0v) is 15.0. The predicted molar refractivity (Wildman–Crippen MR) is 93.6 cm³/mol. The molecule has 3 N–H and O–H groups in total. The number of carbonyl (C=O) groups is 3.